The van der Waals surface area contributed by atoms with Gasteiger partial charge in [0, 0.05) is 19.1 Å². The molecule has 1 unspecified atom stereocenters. The van der Waals surface area contributed by atoms with Crippen LogP contribution >= 0.6 is 0 Å². The lowest BCUT2D eigenvalue weighted by molar-refractivity contribution is 0.0942. The first-order chi connectivity index (χ1) is 9.60. The number of pyridine rings is 1. The van der Waals surface area contributed by atoms with Crippen molar-refractivity contribution in [2.24, 2.45) is 11.8 Å². The van der Waals surface area contributed by atoms with E-state index in [1.165, 1.54) is 0 Å². The highest BCUT2D eigenvalue weighted by Gasteiger charge is 2.24. The Bertz CT molecular complexity index is 463. The van der Waals surface area contributed by atoms with Crippen LogP contribution in [0.5, 0.6) is 0 Å². The third kappa shape index (κ3) is 3.68. The van der Waals surface area contributed by atoms with Gasteiger partial charge in [0.05, 0.1) is 0 Å². The molecule has 0 aromatic carbocycles. The molecular weight excluding hydrogens is 254 g/mol. The third-order valence-electron chi connectivity index (χ3n) is 3.73. The SMILES string of the molecule is CC(C)N1CCC(CNC(=O)c2cccc(NN)n2)C1. The highest BCUT2D eigenvalue weighted by molar-refractivity contribution is 5.92. The van der Waals surface area contributed by atoms with Gasteiger partial charge >= 0.3 is 0 Å². The van der Waals surface area contributed by atoms with Gasteiger partial charge in [0.25, 0.3) is 5.91 Å². The maximum Gasteiger partial charge on any atom is 0.269 e. The largest absolute Gasteiger partial charge is 0.350 e. The summed E-state index contributed by atoms with van der Waals surface area (Å²) >= 11 is 0. The van der Waals surface area contributed by atoms with Crippen LogP contribution < -0.4 is 16.6 Å². The van der Waals surface area contributed by atoms with Crippen LogP contribution in [0.2, 0.25) is 0 Å². The van der Waals surface area contributed by atoms with Crippen molar-refractivity contribution in [3.8, 4) is 0 Å². The number of carbonyl (C=O) groups is 1. The average molecular weight is 277 g/mol. The van der Waals surface area contributed by atoms with E-state index in [0.29, 0.717) is 30.0 Å². The molecule has 0 radical (unpaired) electrons. The van der Waals surface area contributed by atoms with Crippen molar-refractivity contribution in [1.82, 2.24) is 15.2 Å². The number of nitrogens with one attached hydrogen (secondary N) is 2. The van der Waals surface area contributed by atoms with Crippen molar-refractivity contribution in [3.63, 3.8) is 0 Å². The van der Waals surface area contributed by atoms with E-state index in [4.69, 9.17) is 5.84 Å². The van der Waals surface area contributed by atoms with Crippen LogP contribution in [-0.2, 0) is 0 Å². The van der Waals surface area contributed by atoms with Gasteiger partial charge in [0.1, 0.15) is 11.5 Å². The van der Waals surface area contributed by atoms with Gasteiger partial charge in [-0.05, 0) is 44.9 Å². The summed E-state index contributed by atoms with van der Waals surface area (Å²) in [4.78, 5) is 18.6. The molecule has 6 nitrogen and oxygen atoms in total. The summed E-state index contributed by atoms with van der Waals surface area (Å²) in [5, 5.41) is 2.95. The smallest absolute Gasteiger partial charge is 0.269 e. The highest BCUT2D eigenvalue weighted by Crippen LogP contribution is 2.17. The first kappa shape index (κ1) is 14.7. The summed E-state index contributed by atoms with van der Waals surface area (Å²) in [6.45, 7) is 7.27. The molecule has 2 heterocycles. The summed E-state index contributed by atoms with van der Waals surface area (Å²) in [7, 11) is 0. The third-order valence-corrected chi connectivity index (χ3v) is 3.73. The number of likely N-dealkylation sites (tertiary alicyclic amines) is 1. The molecule has 20 heavy (non-hydrogen) atoms. The molecular formula is C14H23N5O. The fourth-order valence-corrected chi connectivity index (χ4v) is 2.47. The van der Waals surface area contributed by atoms with Crippen molar-refractivity contribution >= 4 is 11.7 Å². The number of nitrogens with zero attached hydrogens (tertiary/aromatic N) is 2. The van der Waals surface area contributed by atoms with Gasteiger partial charge < -0.3 is 15.6 Å². The minimum absolute atomic E-state index is 0.148. The van der Waals surface area contributed by atoms with Gasteiger partial charge in [-0.1, -0.05) is 6.07 Å². The Hall–Kier alpha value is -1.66. The van der Waals surface area contributed by atoms with E-state index in [1.54, 1.807) is 18.2 Å². The van der Waals surface area contributed by atoms with Crippen molar-refractivity contribution in [3.05, 3.63) is 23.9 Å². The monoisotopic (exact) mass is 277 g/mol. The predicted molar refractivity (Wildman–Crippen MR) is 79.2 cm³/mol. The van der Waals surface area contributed by atoms with E-state index in [2.05, 4.69) is 34.5 Å². The molecule has 1 amide bonds. The van der Waals surface area contributed by atoms with E-state index in [9.17, 15) is 4.79 Å². The highest BCUT2D eigenvalue weighted by atomic mass is 16.1. The molecule has 1 atom stereocenters. The maximum absolute atomic E-state index is 12.0. The Morgan fingerprint density at radius 1 is 1.55 bits per heavy atom. The number of amides is 1. The molecule has 2 rings (SSSR count). The van der Waals surface area contributed by atoms with Crippen LogP contribution in [-0.4, -0.2) is 41.5 Å². The topological polar surface area (TPSA) is 83.3 Å². The quantitative estimate of drug-likeness (QED) is 0.548. The molecule has 1 saturated heterocycles. The van der Waals surface area contributed by atoms with Gasteiger partial charge in [-0.25, -0.2) is 10.8 Å². The number of aromatic nitrogens is 1. The van der Waals surface area contributed by atoms with Crippen LogP contribution in [0.25, 0.3) is 0 Å². The van der Waals surface area contributed by atoms with Crippen molar-refractivity contribution in [2.45, 2.75) is 26.3 Å². The number of hydrogen-bond donors (Lipinski definition) is 3. The minimum atomic E-state index is -0.148. The Morgan fingerprint density at radius 3 is 3.00 bits per heavy atom. The van der Waals surface area contributed by atoms with Gasteiger partial charge in [0.15, 0.2) is 0 Å². The number of carbonyl (C=O) groups excluding carboxylic acids is 1. The molecule has 4 N–H and O–H groups in total. The van der Waals surface area contributed by atoms with Crippen molar-refractivity contribution in [2.75, 3.05) is 25.1 Å². The molecule has 1 aliphatic rings. The molecule has 1 fully saturated rings. The van der Waals surface area contributed by atoms with E-state index >= 15 is 0 Å². The summed E-state index contributed by atoms with van der Waals surface area (Å²) < 4.78 is 0. The lowest BCUT2D eigenvalue weighted by atomic mass is 10.1. The Morgan fingerprint density at radius 2 is 2.35 bits per heavy atom. The van der Waals surface area contributed by atoms with Gasteiger partial charge in [0.2, 0.25) is 0 Å². The maximum atomic E-state index is 12.0. The second kappa shape index (κ2) is 6.67. The fourth-order valence-electron chi connectivity index (χ4n) is 2.47. The number of hydrogen-bond acceptors (Lipinski definition) is 5. The molecule has 0 aliphatic carbocycles. The fraction of sp³-hybridized carbons (Fsp3) is 0.571. The normalized spacial score (nSPS) is 19.3. The number of nitrogen functional groups attached to an aromatic ring is 1. The zero-order chi connectivity index (χ0) is 14.5. The molecule has 1 aromatic rings. The van der Waals surface area contributed by atoms with E-state index in [0.717, 1.165) is 19.5 Å². The minimum Gasteiger partial charge on any atom is -0.350 e. The Balaban J connectivity index is 1.83. The summed E-state index contributed by atoms with van der Waals surface area (Å²) in [6, 6.07) is 5.73. The molecule has 0 spiro atoms. The summed E-state index contributed by atoms with van der Waals surface area (Å²) in [5.74, 6) is 6.15. The van der Waals surface area contributed by atoms with Crippen LogP contribution in [0.4, 0.5) is 5.82 Å². The Labute approximate surface area is 119 Å². The lowest BCUT2D eigenvalue weighted by Gasteiger charge is -2.20. The first-order valence-electron chi connectivity index (χ1n) is 7.06. The molecule has 1 aromatic heterocycles. The van der Waals surface area contributed by atoms with Gasteiger partial charge in [-0.3, -0.25) is 4.79 Å². The van der Waals surface area contributed by atoms with Crippen LogP contribution in [0.3, 0.4) is 0 Å². The van der Waals surface area contributed by atoms with Gasteiger partial charge in [-0.2, -0.15) is 0 Å². The average Bonchev–Trinajstić information content (AvgIpc) is 2.94. The second-order valence-corrected chi connectivity index (χ2v) is 5.51. The predicted octanol–water partition coefficient (Wildman–Crippen LogP) is 0.827. The zero-order valence-corrected chi connectivity index (χ0v) is 12.1. The molecule has 1 aliphatic heterocycles. The second-order valence-electron chi connectivity index (χ2n) is 5.51. The number of rotatable bonds is 5. The number of anilines is 1. The molecule has 0 saturated carbocycles. The lowest BCUT2D eigenvalue weighted by Crippen LogP contribution is -2.33. The van der Waals surface area contributed by atoms with E-state index in [-0.39, 0.29) is 5.91 Å². The molecule has 110 valence electrons. The van der Waals surface area contributed by atoms with Crippen LogP contribution in [0.15, 0.2) is 18.2 Å². The standard InChI is InChI=1S/C14H23N5O/c1-10(2)19-7-6-11(9-19)8-16-14(20)12-4-3-5-13(17-12)18-15/h3-5,10-11H,6-9,15H2,1-2H3,(H,16,20)(H,17,18). The van der Waals surface area contributed by atoms with Crippen LogP contribution in [0.1, 0.15) is 30.8 Å². The summed E-state index contributed by atoms with van der Waals surface area (Å²) in [5.41, 5.74) is 2.83. The summed E-state index contributed by atoms with van der Waals surface area (Å²) in [6.07, 6.45) is 1.14. The number of nitrogens with two attached hydrogens (primary N) is 1. The van der Waals surface area contributed by atoms with E-state index < -0.39 is 0 Å². The first-order valence-corrected chi connectivity index (χ1v) is 7.06. The molecule has 6 heteroatoms. The molecule has 0 bridgehead atoms. The Kier molecular flexibility index (Phi) is 4.92. The van der Waals surface area contributed by atoms with Gasteiger partial charge in [-0.15, -0.1) is 0 Å². The van der Waals surface area contributed by atoms with Crippen molar-refractivity contribution < 1.29 is 4.79 Å². The number of hydrazine groups is 1. The van der Waals surface area contributed by atoms with E-state index in [1.807, 2.05) is 0 Å². The zero-order valence-electron chi connectivity index (χ0n) is 12.1. The van der Waals surface area contributed by atoms with Crippen molar-refractivity contribution in [1.29, 1.82) is 0 Å². The van der Waals surface area contributed by atoms with Crippen LogP contribution in [0, 0.1) is 5.92 Å².